The fourth-order valence-corrected chi connectivity index (χ4v) is 3.09. The molecule has 1 aromatic rings. The highest BCUT2D eigenvalue weighted by Crippen LogP contribution is 2.40. The molecule has 0 saturated heterocycles. The predicted molar refractivity (Wildman–Crippen MR) is 82.9 cm³/mol. The number of hydrogen-bond donors (Lipinski definition) is 0. The summed E-state index contributed by atoms with van der Waals surface area (Å²) >= 11 is 0. The summed E-state index contributed by atoms with van der Waals surface area (Å²) in [5.41, 5.74) is 5.66. The van der Waals surface area contributed by atoms with E-state index in [-0.39, 0.29) is 0 Å². The molecule has 0 radical (unpaired) electrons. The van der Waals surface area contributed by atoms with Crippen molar-refractivity contribution in [3.63, 3.8) is 0 Å². The van der Waals surface area contributed by atoms with Gasteiger partial charge >= 0.3 is 0 Å². The number of nitriles is 1. The van der Waals surface area contributed by atoms with Crippen LogP contribution in [0.2, 0.25) is 0 Å². The number of fused-ring (bicyclic) bond motifs is 3. The smallest absolute Gasteiger partial charge is 0.137 e. The third-order valence-corrected chi connectivity index (χ3v) is 4.04. The number of aliphatic imine (C=N–C) groups is 1. The number of nitrogens with zero attached hydrogens (tertiary/aromatic N) is 3. The predicted octanol–water partition coefficient (Wildman–Crippen LogP) is 3.55. The third-order valence-electron chi connectivity index (χ3n) is 4.04. The highest BCUT2D eigenvalue weighted by atomic mass is 15.2. The molecular weight excluding hydrogens is 258 g/mol. The molecule has 0 aromatic heterocycles. The Kier molecular flexibility index (Phi) is 2.61. The van der Waals surface area contributed by atoms with Crippen LogP contribution in [0.4, 0.5) is 0 Å². The highest BCUT2D eigenvalue weighted by molar-refractivity contribution is 6.03. The minimum Gasteiger partial charge on any atom is -0.301 e. The summed E-state index contributed by atoms with van der Waals surface area (Å²) in [6.07, 6.45) is 11.4. The van der Waals surface area contributed by atoms with Crippen molar-refractivity contribution in [2.75, 3.05) is 0 Å². The minimum atomic E-state index is 0.870. The maximum atomic E-state index is 9.14. The zero-order chi connectivity index (χ0) is 14.2. The van der Waals surface area contributed by atoms with Crippen molar-refractivity contribution in [3.05, 3.63) is 77.2 Å². The molecule has 2 aliphatic heterocycles. The number of amidine groups is 1. The van der Waals surface area contributed by atoms with Gasteiger partial charge in [0.25, 0.3) is 0 Å². The van der Waals surface area contributed by atoms with Gasteiger partial charge < -0.3 is 4.90 Å². The zero-order valence-electron chi connectivity index (χ0n) is 11.5. The van der Waals surface area contributed by atoms with Crippen LogP contribution in [0.5, 0.6) is 0 Å². The Morgan fingerprint density at radius 3 is 3.00 bits per heavy atom. The van der Waals surface area contributed by atoms with E-state index < -0.39 is 0 Å². The number of aryl methyl sites for hydroxylation is 1. The van der Waals surface area contributed by atoms with Gasteiger partial charge in [0, 0.05) is 23.4 Å². The first-order valence-electron chi connectivity index (χ1n) is 7.03. The van der Waals surface area contributed by atoms with Crippen molar-refractivity contribution in [1.29, 1.82) is 5.26 Å². The van der Waals surface area contributed by atoms with Crippen molar-refractivity contribution in [3.8, 4) is 6.07 Å². The maximum Gasteiger partial charge on any atom is 0.137 e. The Bertz CT molecular complexity index is 813. The van der Waals surface area contributed by atoms with E-state index in [1.165, 1.54) is 16.7 Å². The molecular formula is C18H13N3. The molecule has 3 heteroatoms. The number of allylic oxidation sites excluding steroid dienone is 4. The Labute approximate surface area is 123 Å². The van der Waals surface area contributed by atoms with Crippen LogP contribution in [0.25, 0.3) is 5.70 Å². The van der Waals surface area contributed by atoms with E-state index in [0.29, 0.717) is 0 Å². The van der Waals surface area contributed by atoms with Crippen molar-refractivity contribution in [1.82, 2.24) is 4.90 Å². The molecule has 0 amide bonds. The lowest BCUT2D eigenvalue weighted by Crippen LogP contribution is -2.30. The van der Waals surface area contributed by atoms with Crippen molar-refractivity contribution >= 4 is 11.5 Å². The molecule has 0 spiro atoms. The molecule has 100 valence electrons. The van der Waals surface area contributed by atoms with Gasteiger partial charge in [-0.1, -0.05) is 30.3 Å². The van der Waals surface area contributed by atoms with E-state index in [4.69, 9.17) is 10.3 Å². The van der Waals surface area contributed by atoms with Crippen molar-refractivity contribution in [2.24, 2.45) is 4.99 Å². The maximum absolute atomic E-state index is 9.14. The second-order valence-electron chi connectivity index (χ2n) is 5.18. The summed E-state index contributed by atoms with van der Waals surface area (Å²) in [6.45, 7) is 0. The molecule has 0 atom stereocenters. The lowest BCUT2D eigenvalue weighted by Gasteiger charge is -2.34. The molecule has 1 aliphatic carbocycles. The van der Waals surface area contributed by atoms with E-state index in [1.54, 1.807) is 6.08 Å². The number of hydrogen-bond acceptors (Lipinski definition) is 3. The summed E-state index contributed by atoms with van der Waals surface area (Å²) in [4.78, 5) is 6.83. The average molecular weight is 271 g/mol. The van der Waals surface area contributed by atoms with Gasteiger partial charge in [-0.2, -0.15) is 5.26 Å². The normalized spacial score (nSPS) is 20.6. The van der Waals surface area contributed by atoms with Crippen LogP contribution >= 0.6 is 0 Å². The quantitative estimate of drug-likeness (QED) is 0.677. The first-order valence-corrected chi connectivity index (χ1v) is 7.03. The van der Waals surface area contributed by atoms with Crippen LogP contribution in [-0.4, -0.2) is 10.7 Å². The molecule has 0 unspecified atom stereocenters. The van der Waals surface area contributed by atoms with Crippen LogP contribution in [0.3, 0.4) is 0 Å². The van der Waals surface area contributed by atoms with Gasteiger partial charge in [0.15, 0.2) is 0 Å². The SMILES string of the molecule is N#C/C=C1/C2=C(N=C3C=CC=CN31)c1ccccc1CC2. The number of rotatable bonds is 0. The van der Waals surface area contributed by atoms with Gasteiger partial charge in [0.05, 0.1) is 17.5 Å². The van der Waals surface area contributed by atoms with E-state index in [1.807, 2.05) is 35.4 Å². The van der Waals surface area contributed by atoms with Gasteiger partial charge in [-0.15, -0.1) is 0 Å². The molecule has 2 heterocycles. The third kappa shape index (κ3) is 1.77. The van der Waals surface area contributed by atoms with Crippen molar-refractivity contribution < 1.29 is 0 Å². The summed E-state index contributed by atoms with van der Waals surface area (Å²) < 4.78 is 0. The second-order valence-corrected chi connectivity index (χ2v) is 5.18. The Balaban J connectivity index is 1.97. The van der Waals surface area contributed by atoms with Gasteiger partial charge in [0.1, 0.15) is 5.84 Å². The van der Waals surface area contributed by atoms with E-state index >= 15 is 0 Å². The molecule has 21 heavy (non-hydrogen) atoms. The van der Waals surface area contributed by atoms with Crippen LogP contribution in [0, 0.1) is 11.3 Å². The van der Waals surface area contributed by atoms with Crippen molar-refractivity contribution in [2.45, 2.75) is 12.8 Å². The summed E-state index contributed by atoms with van der Waals surface area (Å²) in [5.74, 6) is 0.870. The average Bonchev–Trinajstić information content (AvgIpc) is 2.55. The molecule has 0 fully saturated rings. The molecule has 1 aromatic carbocycles. The molecule has 4 rings (SSSR count). The summed E-state index contributed by atoms with van der Waals surface area (Å²) in [6, 6.07) is 10.6. The van der Waals surface area contributed by atoms with Crippen LogP contribution < -0.4 is 0 Å². The summed E-state index contributed by atoms with van der Waals surface area (Å²) in [5, 5.41) is 9.14. The first-order chi connectivity index (χ1) is 10.4. The topological polar surface area (TPSA) is 39.4 Å². The van der Waals surface area contributed by atoms with Crippen LogP contribution in [-0.2, 0) is 6.42 Å². The monoisotopic (exact) mass is 271 g/mol. The van der Waals surface area contributed by atoms with Crippen LogP contribution in [0.1, 0.15) is 17.5 Å². The molecule has 0 saturated carbocycles. The lowest BCUT2D eigenvalue weighted by molar-refractivity contribution is 0.671. The number of benzene rings is 1. The minimum absolute atomic E-state index is 0.870. The van der Waals surface area contributed by atoms with E-state index in [9.17, 15) is 0 Å². The molecule has 3 nitrogen and oxygen atoms in total. The van der Waals surface area contributed by atoms with E-state index in [2.05, 4.69) is 24.3 Å². The zero-order valence-corrected chi connectivity index (χ0v) is 11.5. The van der Waals surface area contributed by atoms with Gasteiger partial charge in [0.2, 0.25) is 0 Å². The largest absolute Gasteiger partial charge is 0.301 e. The summed E-state index contributed by atoms with van der Waals surface area (Å²) in [7, 11) is 0. The molecule has 0 N–H and O–H groups in total. The second kappa shape index (κ2) is 4.60. The fraction of sp³-hybridized carbons (Fsp3) is 0.111. The van der Waals surface area contributed by atoms with E-state index in [0.717, 1.165) is 30.1 Å². The fourth-order valence-electron chi connectivity index (χ4n) is 3.09. The lowest BCUT2D eigenvalue weighted by atomic mass is 9.86. The first kappa shape index (κ1) is 11.9. The molecule has 3 aliphatic rings. The van der Waals surface area contributed by atoms with Gasteiger partial charge in [-0.05, 0) is 30.6 Å². The van der Waals surface area contributed by atoms with Gasteiger partial charge in [-0.3, -0.25) is 0 Å². The Morgan fingerprint density at radius 2 is 2.10 bits per heavy atom. The Morgan fingerprint density at radius 1 is 1.19 bits per heavy atom. The highest BCUT2D eigenvalue weighted by Gasteiger charge is 2.29. The van der Waals surface area contributed by atoms with Crippen LogP contribution in [0.15, 0.2) is 71.0 Å². The molecule has 0 bridgehead atoms. The standard InChI is InChI=1S/C18H13N3/c19-11-10-16-15-9-8-13-5-1-2-6-14(13)18(15)20-17-7-3-4-12-21(16)17/h1-7,10,12H,8-9H2/b16-10-. The van der Waals surface area contributed by atoms with Gasteiger partial charge in [-0.25, -0.2) is 4.99 Å². The Hall–Kier alpha value is -2.86.